The van der Waals surface area contributed by atoms with Crippen LogP contribution in [-0.4, -0.2) is 17.8 Å². The number of thiophene rings is 1. The highest BCUT2D eigenvalue weighted by Gasteiger charge is 2.80. The van der Waals surface area contributed by atoms with Gasteiger partial charge in [-0.1, -0.05) is 55.5 Å². The fourth-order valence-corrected chi connectivity index (χ4v) is 5.54. The molecule has 34 heavy (non-hydrogen) atoms. The Labute approximate surface area is 195 Å². The Kier molecular flexibility index (Phi) is 5.02. The monoisotopic (exact) mass is 492 g/mol. The molecule has 1 aliphatic rings. The highest BCUT2D eigenvalue weighted by Crippen LogP contribution is 2.66. The second-order valence-corrected chi connectivity index (χ2v) is 9.43. The van der Waals surface area contributed by atoms with Gasteiger partial charge >= 0.3 is 17.8 Å². The van der Waals surface area contributed by atoms with E-state index in [2.05, 4.69) is 0 Å². The molecule has 1 nitrogen and oxygen atoms in total. The Balaban J connectivity index is 1.89. The van der Waals surface area contributed by atoms with E-state index in [9.17, 15) is 8.78 Å². The SMILES string of the molecule is CCc1oc2ccccc2c1C1=C(c2cc(-c3ccccc3)sc2C)C(F)(F)C(F)(F)C1(F)F. The first-order valence-corrected chi connectivity index (χ1v) is 11.4. The van der Waals surface area contributed by atoms with Crippen LogP contribution >= 0.6 is 11.3 Å². The lowest BCUT2D eigenvalue weighted by atomic mass is 9.92. The van der Waals surface area contributed by atoms with Gasteiger partial charge in [-0.15, -0.1) is 11.3 Å². The van der Waals surface area contributed by atoms with Crippen molar-refractivity contribution in [2.24, 2.45) is 0 Å². The molecule has 2 heterocycles. The summed E-state index contributed by atoms with van der Waals surface area (Å²) in [7, 11) is 0. The molecule has 0 aliphatic heterocycles. The topological polar surface area (TPSA) is 13.1 Å². The van der Waals surface area contributed by atoms with Crippen LogP contribution in [0.5, 0.6) is 0 Å². The fraction of sp³-hybridized carbons (Fsp3) is 0.231. The van der Waals surface area contributed by atoms with Crippen LogP contribution in [0.25, 0.3) is 32.6 Å². The highest BCUT2D eigenvalue weighted by atomic mass is 32.1. The van der Waals surface area contributed by atoms with Crippen molar-refractivity contribution in [3.8, 4) is 10.4 Å². The van der Waals surface area contributed by atoms with Gasteiger partial charge in [-0.3, -0.25) is 0 Å². The number of hydrogen-bond donors (Lipinski definition) is 0. The molecule has 2 aromatic heterocycles. The van der Waals surface area contributed by atoms with Crippen LogP contribution in [0.2, 0.25) is 0 Å². The lowest BCUT2D eigenvalue weighted by Gasteiger charge is -2.25. The Hall–Kier alpha value is -3.00. The Morgan fingerprint density at radius 3 is 2.12 bits per heavy atom. The van der Waals surface area contributed by atoms with Crippen molar-refractivity contribution in [1.82, 2.24) is 0 Å². The van der Waals surface area contributed by atoms with Crippen molar-refractivity contribution in [2.45, 2.75) is 38.0 Å². The lowest BCUT2D eigenvalue weighted by molar-refractivity contribution is -0.254. The maximum absolute atomic E-state index is 15.4. The van der Waals surface area contributed by atoms with Gasteiger partial charge in [-0.05, 0) is 30.2 Å². The number of para-hydroxylation sites is 1. The first-order chi connectivity index (χ1) is 16.0. The smallest absolute Gasteiger partial charge is 0.380 e. The van der Waals surface area contributed by atoms with Crippen LogP contribution < -0.4 is 0 Å². The zero-order chi connectivity index (χ0) is 24.5. The molecule has 5 rings (SSSR count). The number of fused-ring (bicyclic) bond motifs is 1. The van der Waals surface area contributed by atoms with Crippen molar-refractivity contribution in [2.75, 3.05) is 0 Å². The van der Waals surface area contributed by atoms with Gasteiger partial charge in [0.1, 0.15) is 11.3 Å². The van der Waals surface area contributed by atoms with Crippen molar-refractivity contribution in [3.63, 3.8) is 0 Å². The van der Waals surface area contributed by atoms with Gasteiger partial charge in [0, 0.05) is 38.3 Å². The Morgan fingerprint density at radius 2 is 1.44 bits per heavy atom. The molecule has 0 N–H and O–H groups in total. The molecule has 0 fully saturated rings. The van der Waals surface area contributed by atoms with Gasteiger partial charge in [0.15, 0.2) is 0 Å². The predicted octanol–water partition coefficient (Wildman–Crippen LogP) is 8.86. The number of rotatable bonds is 4. The first kappa shape index (κ1) is 22.8. The maximum Gasteiger partial charge on any atom is 0.380 e. The zero-order valence-electron chi connectivity index (χ0n) is 18.1. The van der Waals surface area contributed by atoms with Gasteiger partial charge in [0.2, 0.25) is 0 Å². The number of allylic oxidation sites excluding steroid dienone is 2. The molecule has 2 aromatic carbocycles. The van der Waals surface area contributed by atoms with Gasteiger partial charge in [-0.25, -0.2) is 0 Å². The lowest BCUT2D eigenvalue weighted by Crippen LogP contribution is -2.48. The van der Waals surface area contributed by atoms with Gasteiger partial charge in [0.05, 0.1) is 0 Å². The van der Waals surface area contributed by atoms with E-state index in [0.717, 1.165) is 11.3 Å². The largest absolute Gasteiger partial charge is 0.460 e. The minimum atomic E-state index is -5.62. The molecule has 4 aromatic rings. The maximum atomic E-state index is 15.4. The summed E-state index contributed by atoms with van der Waals surface area (Å²) >= 11 is 1.09. The summed E-state index contributed by atoms with van der Waals surface area (Å²) in [6, 6.07) is 16.0. The van der Waals surface area contributed by atoms with E-state index in [1.807, 2.05) is 0 Å². The molecule has 0 saturated carbocycles. The molecular formula is C26H18F6OS. The van der Waals surface area contributed by atoms with Gasteiger partial charge < -0.3 is 4.42 Å². The van der Waals surface area contributed by atoms with Crippen LogP contribution in [0, 0.1) is 6.92 Å². The molecule has 0 saturated heterocycles. The van der Waals surface area contributed by atoms with E-state index >= 15 is 17.6 Å². The van der Waals surface area contributed by atoms with Crippen LogP contribution in [0.15, 0.2) is 65.1 Å². The summed E-state index contributed by atoms with van der Waals surface area (Å²) < 4.78 is 96.6. The minimum absolute atomic E-state index is 0.0435. The summed E-state index contributed by atoms with van der Waals surface area (Å²) in [5.41, 5.74) is -2.58. The van der Waals surface area contributed by atoms with E-state index < -0.39 is 28.9 Å². The molecule has 8 heteroatoms. The van der Waals surface area contributed by atoms with E-state index in [1.165, 1.54) is 31.2 Å². The van der Waals surface area contributed by atoms with Crippen molar-refractivity contribution in [3.05, 3.63) is 82.4 Å². The van der Waals surface area contributed by atoms with Gasteiger partial charge in [0.25, 0.3) is 0 Å². The van der Waals surface area contributed by atoms with Crippen molar-refractivity contribution < 1.29 is 30.8 Å². The summed E-state index contributed by atoms with van der Waals surface area (Å²) in [6.45, 7) is 3.06. The van der Waals surface area contributed by atoms with Crippen molar-refractivity contribution in [1.29, 1.82) is 0 Å². The second kappa shape index (κ2) is 7.50. The van der Waals surface area contributed by atoms with E-state index in [-0.39, 0.29) is 39.2 Å². The van der Waals surface area contributed by atoms with E-state index in [0.29, 0.717) is 10.4 Å². The van der Waals surface area contributed by atoms with Crippen molar-refractivity contribution >= 4 is 33.5 Å². The fourth-order valence-electron chi connectivity index (χ4n) is 4.51. The van der Waals surface area contributed by atoms with E-state index in [1.54, 1.807) is 43.3 Å². The third-order valence-corrected chi connectivity index (χ3v) is 7.25. The summed E-state index contributed by atoms with van der Waals surface area (Å²) in [5.74, 6) is -15.9. The molecule has 0 bridgehead atoms. The standard InChI is InChI=1S/C26H18F6OS/c1-3-18-21(16-11-7-8-12-19(16)33-18)23-22(24(27,28)26(31,32)25(23,29)30)17-13-20(34-14(17)2)15-9-5-4-6-10-15/h4-13H,3H2,1-2H3. The minimum Gasteiger partial charge on any atom is -0.460 e. The first-order valence-electron chi connectivity index (χ1n) is 10.6. The normalized spacial score (nSPS) is 18.7. The second-order valence-electron chi connectivity index (χ2n) is 8.17. The van der Waals surface area contributed by atoms with E-state index in [4.69, 9.17) is 4.42 Å². The summed E-state index contributed by atoms with van der Waals surface area (Å²) in [5, 5.41) is 0.0937. The average Bonchev–Trinajstić information content (AvgIpc) is 3.39. The van der Waals surface area contributed by atoms with Crippen LogP contribution in [0.4, 0.5) is 26.3 Å². The molecule has 0 spiro atoms. The van der Waals surface area contributed by atoms with Crippen LogP contribution in [0.1, 0.15) is 28.7 Å². The summed E-state index contributed by atoms with van der Waals surface area (Å²) in [6.07, 6.45) is 0.0614. The number of alkyl halides is 6. The van der Waals surface area contributed by atoms with Crippen LogP contribution in [-0.2, 0) is 6.42 Å². The molecule has 0 atom stereocenters. The molecule has 176 valence electrons. The molecule has 0 amide bonds. The molecule has 0 radical (unpaired) electrons. The number of aryl methyl sites for hydroxylation is 2. The molecule has 1 aliphatic carbocycles. The number of halogens is 6. The zero-order valence-corrected chi connectivity index (χ0v) is 18.9. The average molecular weight is 492 g/mol. The quantitative estimate of drug-likeness (QED) is 0.259. The summed E-state index contributed by atoms with van der Waals surface area (Å²) in [4.78, 5) is 0.757. The number of benzene rings is 2. The molecule has 0 unspecified atom stereocenters. The highest BCUT2D eigenvalue weighted by molar-refractivity contribution is 7.15. The Morgan fingerprint density at radius 1 is 0.824 bits per heavy atom. The number of hydrogen-bond acceptors (Lipinski definition) is 2. The number of furan rings is 1. The van der Waals surface area contributed by atoms with Crippen LogP contribution in [0.3, 0.4) is 0 Å². The third-order valence-electron chi connectivity index (χ3n) is 6.15. The Bertz CT molecular complexity index is 1430. The molecular weight excluding hydrogens is 474 g/mol. The van der Waals surface area contributed by atoms with Gasteiger partial charge in [-0.2, -0.15) is 26.3 Å². The third kappa shape index (κ3) is 2.94. The predicted molar refractivity (Wildman–Crippen MR) is 122 cm³/mol.